The summed E-state index contributed by atoms with van der Waals surface area (Å²) in [5, 5.41) is 0. The minimum absolute atomic E-state index is 0.288. The van der Waals surface area contributed by atoms with E-state index in [2.05, 4.69) is 66.9 Å². The van der Waals surface area contributed by atoms with Gasteiger partial charge in [-0.2, -0.15) is 0 Å². The molecule has 0 spiro atoms. The molecule has 3 rings (SSSR count). The second-order valence-electron chi connectivity index (χ2n) is 5.42. The molecule has 0 saturated heterocycles. The van der Waals surface area contributed by atoms with Gasteiger partial charge in [-0.1, -0.05) is 37.3 Å². The first-order valence-corrected chi connectivity index (χ1v) is 7.85. The van der Waals surface area contributed by atoms with Crippen molar-refractivity contribution in [1.82, 2.24) is 4.72 Å². The highest BCUT2D eigenvalue weighted by molar-refractivity contribution is 7.98. The topological polar surface area (TPSA) is 50.4 Å². The van der Waals surface area contributed by atoms with Crippen molar-refractivity contribution < 1.29 is 0 Å². The number of nitrogens with one attached hydrogen (secondary N) is 1. The average Bonchev–Trinajstić information content (AvgIpc) is 2.47. The van der Waals surface area contributed by atoms with Crippen molar-refractivity contribution in [3.63, 3.8) is 0 Å². The summed E-state index contributed by atoms with van der Waals surface area (Å²) in [5.74, 6) is 0.757. The molecule has 2 aromatic rings. The number of guanidine groups is 1. The lowest BCUT2D eigenvalue weighted by atomic mass is 9.86. The van der Waals surface area contributed by atoms with Gasteiger partial charge in [0.2, 0.25) is 5.96 Å². The number of hydrogen-bond donors (Lipinski definition) is 2. The largest absolute Gasteiger partial charge is 0.369 e. The maximum Gasteiger partial charge on any atom is 0.204 e. The Labute approximate surface area is 129 Å². The number of rotatable bonds is 2. The number of nitrogens with two attached hydrogens (primary N) is 1. The van der Waals surface area contributed by atoms with E-state index in [4.69, 9.17) is 5.73 Å². The van der Waals surface area contributed by atoms with Gasteiger partial charge in [-0.15, -0.1) is 0 Å². The minimum Gasteiger partial charge on any atom is -0.369 e. The van der Waals surface area contributed by atoms with Crippen molar-refractivity contribution in [3.05, 3.63) is 58.7 Å². The molecule has 1 heterocycles. The minimum atomic E-state index is 0.288. The number of nitrogens with zero attached hydrogens (tertiary/aromatic N) is 1. The molecule has 0 bridgehead atoms. The molecule has 3 nitrogen and oxygen atoms in total. The van der Waals surface area contributed by atoms with Crippen LogP contribution in [0.25, 0.3) is 0 Å². The van der Waals surface area contributed by atoms with Crippen molar-refractivity contribution in [2.75, 3.05) is 0 Å². The normalized spacial score (nSPS) is 14.9. The highest BCUT2D eigenvalue weighted by atomic mass is 32.2. The Hall–Kier alpha value is -1.94. The smallest absolute Gasteiger partial charge is 0.204 e. The van der Waals surface area contributed by atoms with Crippen molar-refractivity contribution >= 4 is 23.6 Å². The Balaban J connectivity index is 2.17. The van der Waals surface area contributed by atoms with Crippen LogP contribution in [-0.4, -0.2) is 5.96 Å². The highest BCUT2D eigenvalue weighted by Gasteiger charge is 2.22. The van der Waals surface area contributed by atoms with Gasteiger partial charge in [0, 0.05) is 5.92 Å². The Morgan fingerprint density at radius 1 is 1.10 bits per heavy atom. The first-order valence-electron chi connectivity index (χ1n) is 7.04. The summed E-state index contributed by atoms with van der Waals surface area (Å²) in [6.07, 6.45) is 0. The molecular formula is C17H19N3S. The fourth-order valence-electron chi connectivity index (χ4n) is 2.91. The maximum absolute atomic E-state index is 5.86. The summed E-state index contributed by atoms with van der Waals surface area (Å²) in [6.45, 7) is 6.54. The van der Waals surface area contributed by atoms with Gasteiger partial charge in [0.05, 0.1) is 10.6 Å². The Bertz CT molecular complexity index is 722. The summed E-state index contributed by atoms with van der Waals surface area (Å²) in [4.78, 5) is 5.68. The lowest BCUT2D eigenvalue weighted by Crippen LogP contribution is -2.27. The van der Waals surface area contributed by atoms with E-state index in [1.807, 2.05) is 0 Å². The van der Waals surface area contributed by atoms with Crippen LogP contribution >= 0.6 is 11.9 Å². The van der Waals surface area contributed by atoms with Crippen LogP contribution in [0, 0.1) is 13.8 Å². The fraction of sp³-hybridized carbons (Fsp3) is 0.235. The molecule has 0 saturated carbocycles. The van der Waals surface area contributed by atoms with E-state index >= 15 is 0 Å². The zero-order valence-electron chi connectivity index (χ0n) is 12.5. The van der Waals surface area contributed by atoms with Crippen LogP contribution in [0.3, 0.4) is 0 Å². The fourth-order valence-corrected chi connectivity index (χ4v) is 3.56. The molecule has 1 aliphatic heterocycles. The molecule has 0 fully saturated rings. The summed E-state index contributed by atoms with van der Waals surface area (Å²) in [6, 6.07) is 12.8. The van der Waals surface area contributed by atoms with Gasteiger partial charge in [-0.05, 0) is 54.1 Å². The van der Waals surface area contributed by atoms with Gasteiger partial charge in [0.15, 0.2) is 0 Å². The molecule has 1 aliphatic rings. The predicted molar refractivity (Wildman–Crippen MR) is 90.2 cm³/mol. The van der Waals surface area contributed by atoms with Crippen molar-refractivity contribution in [1.29, 1.82) is 0 Å². The van der Waals surface area contributed by atoms with Crippen molar-refractivity contribution in [2.45, 2.75) is 31.6 Å². The van der Waals surface area contributed by atoms with Gasteiger partial charge in [-0.3, -0.25) is 4.72 Å². The first kappa shape index (κ1) is 14.0. The zero-order valence-corrected chi connectivity index (χ0v) is 13.3. The lowest BCUT2D eigenvalue weighted by Gasteiger charge is -2.23. The predicted octanol–water partition coefficient (Wildman–Crippen LogP) is 4.01. The molecule has 0 aromatic heterocycles. The number of hydrogen-bond acceptors (Lipinski definition) is 4. The number of aliphatic imine (C=N–C) groups is 1. The lowest BCUT2D eigenvalue weighted by molar-refractivity contribution is 0.891. The molecule has 0 amide bonds. The molecule has 0 radical (unpaired) electrons. The van der Waals surface area contributed by atoms with E-state index in [0.717, 1.165) is 10.6 Å². The van der Waals surface area contributed by atoms with Crippen LogP contribution in [0.1, 0.15) is 35.1 Å². The molecule has 0 aliphatic carbocycles. The van der Waals surface area contributed by atoms with Gasteiger partial charge < -0.3 is 5.73 Å². The second kappa shape index (κ2) is 5.45. The Morgan fingerprint density at radius 3 is 2.62 bits per heavy atom. The number of fused-ring (bicyclic) bond motifs is 1. The maximum atomic E-state index is 5.86. The van der Waals surface area contributed by atoms with Crippen LogP contribution in [0.4, 0.5) is 5.69 Å². The van der Waals surface area contributed by atoms with E-state index in [1.165, 1.54) is 34.2 Å². The monoisotopic (exact) mass is 297 g/mol. The second-order valence-corrected chi connectivity index (χ2v) is 6.27. The molecule has 2 aromatic carbocycles. The van der Waals surface area contributed by atoms with Crippen LogP contribution < -0.4 is 10.5 Å². The third-order valence-corrected chi connectivity index (χ3v) is 4.84. The molecule has 108 valence electrons. The molecular weight excluding hydrogens is 278 g/mol. The third kappa shape index (κ3) is 2.51. The van der Waals surface area contributed by atoms with Crippen LogP contribution in [0.5, 0.6) is 0 Å². The molecule has 4 heteroatoms. The quantitative estimate of drug-likeness (QED) is 0.823. The van der Waals surface area contributed by atoms with E-state index in [1.54, 1.807) is 0 Å². The van der Waals surface area contributed by atoms with Gasteiger partial charge in [0.1, 0.15) is 0 Å². The molecule has 3 N–H and O–H groups in total. The Morgan fingerprint density at radius 2 is 1.86 bits per heavy atom. The van der Waals surface area contributed by atoms with Crippen LogP contribution in [0.2, 0.25) is 0 Å². The zero-order chi connectivity index (χ0) is 15.0. The molecule has 21 heavy (non-hydrogen) atoms. The summed E-state index contributed by atoms with van der Waals surface area (Å²) in [5.41, 5.74) is 12.0. The van der Waals surface area contributed by atoms with E-state index in [0.29, 0.717) is 5.96 Å². The molecule has 1 unspecified atom stereocenters. The Kier molecular flexibility index (Phi) is 3.64. The van der Waals surface area contributed by atoms with E-state index < -0.39 is 0 Å². The van der Waals surface area contributed by atoms with Gasteiger partial charge >= 0.3 is 0 Å². The van der Waals surface area contributed by atoms with Crippen molar-refractivity contribution in [3.8, 4) is 0 Å². The molecule has 1 atom stereocenters. The van der Waals surface area contributed by atoms with E-state index in [9.17, 15) is 0 Å². The average molecular weight is 297 g/mol. The summed E-state index contributed by atoms with van der Waals surface area (Å²) in [7, 11) is 0. The van der Waals surface area contributed by atoms with Crippen LogP contribution in [-0.2, 0) is 0 Å². The van der Waals surface area contributed by atoms with Gasteiger partial charge in [-0.25, -0.2) is 4.99 Å². The standard InChI is InChI=1S/C17H19N3S/c1-10-6-4-5-7-13(10)12(3)15-11(2)8-9-14-16(15)19-17(18)20-21-14/h4-9,12H,1-3H3,(H3,18,19,20). The summed E-state index contributed by atoms with van der Waals surface area (Å²) < 4.78 is 3.02. The third-order valence-electron chi connectivity index (χ3n) is 3.98. The SMILES string of the molecule is Cc1ccccc1C(C)c1c(C)ccc2c1N=C(N)NS2. The van der Waals surface area contributed by atoms with E-state index in [-0.39, 0.29) is 5.92 Å². The van der Waals surface area contributed by atoms with Gasteiger partial charge in [0.25, 0.3) is 0 Å². The van der Waals surface area contributed by atoms with Crippen molar-refractivity contribution in [2.24, 2.45) is 10.7 Å². The first-order chi connectivity index (χ1) is 10.1. The number of aryl methyl sites for hydroxylation is 2. The number of benzene rings is 2. The summed E-state index contributed by atoms with van der Waals surface area (Å²) >= 11 is 1.53. The highest BCUT2D eigenvalue weighted by Crippen LogP contribution is 2.42. The van der Waals surface area contributed by atoms with Crippen LogP contribution in [0.15, 0.2) is 46.3 Å².